The second-order valence-corrected chi connectivity index (χ2v) is 9.50. The second kappa shape index (κ2) is 8.97. The highest BCUT2D eigenvalue weighted by atomic mass is 16.6. The van der Waals surface area contributed by atoms with Gasteiger partial charge in [-0.1, -0.05) is 32.0 Å². The zero-order chi connectivity index (χ0) is 24.6. The molecule has 7 nitrogen and oxygen atoms in total. The van der Waals surface area contributed by atoms with Crippen LogP contribution in [0.25, 0.3) is 0 Å². The standard InChI is InChI=1S/C27H30N2O5/c1-6-33-24-13-18(11-12-23(24)34-17(3)31)26-25-20(14-27(4,5)15-22(25)32)28-19-9-7-8-10-21(19)29(26)16(2)30/h7-13,26,28H,6,14-15H2,1-5H3. The van der Waals surface area contributed by atoms with E-state index in [2.05, 4.69) is 19.2 Å². The van der Waals surface area contributed by atoms with Crippen LogP contribution in [-0.4, -0.2) is 24.3 Å². The van der Waals surface area contributed by atoms with Gasteiger partial charge in [0.15, 0.2) is 17.3 Å². The maximum atomic E-state index is 13.6. The van der Waals surface area contributed by atoms with E-state index in [1.807, 2.05) is 31.2 Å². The van der Waals surface area contributed by atoms with Crippen LogP contribution in [0.5, 0.6) is 11.5 Å². The fraction of sp³-hybridized carbons (Fsp3) is 0.370. The number of nitrogens with one attached hydrogen (secondary N) is 1. The number of rotatable bonds is 4. The molecule has 34 heavy (non-hydrogen) atoms. The lowest BCUT2D eigenvalue weighted by Crippen LogP contribution is -2.38. The highest BCUT2D eigenvalue weighted by molar-refractivity contribution is 6.05. The Morgan fingerprint density at radius 3 is 2.50 bits per heavy atom. The van der Waals surface area contributed by atoms with E-state index in [0.29, 0.717) is 47.8 Å². The van der Waals surface area contributed by atoms with E-state index in [1.54, 1.807) is 23.1 Å². The third kappa shape index (κ3) is 4.42. The molecular weight excluding hydrogens is 432 g/mol. The normalized spacial score (nSPS) is 18.9. The Kier molecular flexibility index (Phi) is 6.21. The zero-order valence-electron chi connectivity index (χ0n) is 20.2. The van der Waals surface area contributed by atoms with E-state index in [0.717, 1.165) is 11.4 Å². The molecule has 0 saturated heterocycles. The van der Waals surface area contributed by atoms with Gasteiger partial charge in [0.05, 0.1) is 24.0 Å². The number of carbonyl (C=O) groups excluding carboxylic acids is 3. The summed E-state index contributed by atoms with van der Waals surface area (Å²) in [5, 5.41) is 3.47. The summed E-state index contributed by atoms with van der Waals surface area (Å²) in [5.74, 6) is 0.0405. The summed E-state index contributed by atoms with van der Waals surface area (Å²) < 4.78 is 11.1. The van der Waals surface area contributed by atoms with Crippen molar-refractivity contribution in [3.63, 3.8) is 0 Å². The average molecular weight is 463 g/mol. The van der Waals surface area contributed by atoms with Crippen LogP contribution in [0.2, 0.25) is 0 Å². The van der Waals surface area contributed by atoms with Crippen molar-refractivity contribution < 1.29 is 23.9 Å². The number of hydrogen-bond acceptors (Lipinski definition) is 6. The van der Waals surface area contributed by atoms with Crippen molar-refractivity contribution in [2.75, 3.05) is 16.8 Å². The number of ketones is 1. The summed E-state index contributed by atoms with van der Waals surface area (Å²) in [7, 11) is 0. The van der Waals surface area contributed by atoms with E-state index in [-0.39, 0.29) is 17.1 Å². The summed E-state index contributed by atoms with van der Waals surface area (Å²) >= 11 is 0. The minimum absolute atomic E-state index is 0.00447. The van der Waals surface area contributed by atoms with Gasteiger partial charge in [0.25, 0.3) is 0 Å². The molecule has 2 aromatic rings. The van der Waals surface area contributed by atoms with E-state index >= 15 is 0 Å². The third-order valence-corrected chi connectivity index (χ3v) is 6.08. The first-order valence-corrected chi connectivity index (χ1v) is 11.5. The summed E-state index contributed by atoms with van der Waals surface area (Å²) in [4.78, 5) is 39.9. The number of anilines is 2. The number of Topliss-reactive ketones (excluding diaryl/α,β-unsaturated/α-hetero) is 1. The lowest BCUT2D eigenvalue weighted by molar-refractivity contribution is -0.132. The molecule has 0 radical (unpaired) electrons. The van der Waals surface area contributed by atoms with Crippen molar-refractivity contribution in [3.8, 4) is 11.5 Å². The molecule has 1 unspecified atom stereocenters. The number of hydrogen-bond donors (Lipinski definition) is 1. The summed E-state index contributed by atoms with van der Waals surface area (Å²) in [6, 6.07) is 12.1. The highest BCUT2D eigenvalue weighted by Crippen LogP contribution is 2.49. The molecule has 178 valence electrons. The van der Waals surface area contributed by atoms with Gasteiger partial charge >= 0.3 is 5.97 Å². The maximum absolute atomic E-state index is 13.6. The number of carbonyl (C=O) groups is 3. The maximum Gasteiger partial charge on any atom is 0.308 e. The number of amides is 1. The molecule has 7 heteroatoms. The lowest BCUT2D eigenvalue weighted by Gasteiger charge is -2.37. The summed E-state index contributed by atoms with van der Waals surface area (Å²) in [6.07, 6.45) is 1.06. The first-order valence-electron chi connectivity index (χ1n) is 11.5. The Hall–Kier alpha value is -3.61. The first kappa shape index (κ1) is 23.5. The van der Waals surface area contributed by atoms with E-state index in [4.69, 9.17) is 9.47 Å². The average Bonchev–Trinajstić information content (AvgIpc) is 2.88. The SMILES string of the molecule is CCOc1cc(C2C3=C(CC(C)(C)CC3=O)Nc3ccccc3N2C(C)=O)ccc1OC(C)=O. The second-order valence-electron chi connectivity index (χ2n) is 9.50. The molecule has 1 aliphatic heterocycles. The van der Waals surface area contributed by atoms with Gasteiger partial charge in [0, 0.05) is 31.5 Å². The van der Waals surface area contributed by atoms with Crippen LogP contribution in [0.4, 0.5) is 11.4 Å². The van der Waals surface area contributed by atoms with Crippen LogP contribution in [-0.2, 0) is 14.4 Å². The Morgan fingerprint density at radius 2 is 1.82 bits per heavy atom. The molecule has 1 amide bonds. The third-order valence-electron chi connectivity index (χ3n) is 6.08. The Balaban J connectivity index is 1.97. The predicted molar refractivity (Wildman–Crippen MR) is 130 cm³/mol. The van der Waals surface area contributed by atoms with Gasteiger partial charge in [-0.05, 0) is 48.6 Å². The van der Waals surface area contributed by atoms with Crippen LogP contribution < -0.4 is 19.7 Å². The Morgan fingerprint density at radius 1 is 1.09 bits per heavy atom. The smallest absolute Gasteiger partial charge is 0.308 e. The van der Waals surface area contributed by atoms with Crippen LogP contribution in [0, 0.1) is 5.41 Å². The number of allylic oxidation sites excluding steroid dienone is 1. The van der Waals surface area contributed by atoms with Gasteiger partial charge < -0.3 is 14.8 Å². The molecule has 0 fully saturated rings. The van der Waals surface area contributed by atoms with E-state index < -0.39 is 12.0 Å². The van der Waals surface area contributed by atoms with Crippen molar-refractivity contribution in [2.45, 2.75) is 53.5 Å². The molecule has 4 rings (SSSR count). The van der Waals surface area contributed by atoms with Crippen molar-refractivity contribution in [1.82, 2.24) is 0 Å². The summed E-state index contributed by atoms with van der Waals surface area (Å²) in [5.41, 5.74) is 3.37. The number of benzene rings is 2. The van der Waals surface area contributed by atoms with E-state index in [9.17, 15) is 14.4 Å². The summed E-state index contributed by atoms with van der Waals surface area (Å²) in [6.45, 7) is 9.19. The molecular formula is C27H30N2O5. The number of nitrogens with zero attached hydrogens (tertiary/aromatic N) is 1. The topological polar surface area (TPSA) is 84.9 Å². The minimum atomic E-state index is -0.655. The molecule has 0 spiro atoms. The van der Waals surface area contributed by atoms with E-state index in [1.165, 1.54) is 13.8 Å². The number of ether oxygens (including phenoxy) is 2. The van der Waals surface area contributed by atoms with Crippen LogP contribution in [0.1, 0.15) is 59.1 Å². The molecule has 1 N–H and O–H groups in total. The van der Waals surface area contributed by atoms with Crippen molar-refractivity contribution in [2.24, 2.45) is 5.41 Å². The fourth-order valence-electron chi connectivity index (χ4n) is 4.85. The number of esters is 1. The molecule has 1 atom stereocenters. The van der Waals surface area contributed by atoms with Crippen LogP contribution in [0.3, 0.4) is 0 Å². The monoisotopic (exact) mass is 462 g/mol. The fourth-order valence-corrected chi connectivity index (χ4v) is 4.85. The highest BCUT2D eigenvalue weighted by Gasteiger charge is 2.42. The Bertz CT molecular complexity index is 1200. The number of para-hydroxylation sites is 2. The molecule has 0 saturated carbocycles. The molecule has 1 aliphatic carbocycles. The number of fused-ring (bicyclic) bond motifs is 1. The van der Waals surface area contributed by atoms with Gasteiger partial charge in [-0.15, -0.1) is 0 Å². The van der Waals surface area contributed by atoms with Crippen molar-refractivity contribution in [1.29, 1.82) is 0 Å². The zero-order valence-corrected chi connectivity index (χ0v) is 20.2. The molecule has 0 aromatic heterocycles. The van der Waals surface area contributed by atoms with Crippen molar-refractivity contribution >= 4 is 29.0 Å². The molecule has 1 heterocycles. The van der Waals surface area contributed by atoms with Gasteiger partial charge in [-0.2, -0.15) is 0 Å². The predicted octanol–water partition coefficient (Wildman–Crippen LogP) is 5.17. The van der Waals surface area contributed by atoms with Crippen LogP contribution >= 0.6 is 0 Å². The van der Waals surface area contributed by atoms with Crippen molar-refractivity contribution in [3.05, 3.63) is 59.3 Å². The van der Waals surface area contributed by atoms with Crippen LogP contribution in [0.15, 0.2) is 53.7 Å². The van der Waals surface area contributed by atoms with Gasteiger partial charge in [0.1, 0.15) is 0 Å². The van der Waals surface area contributed by atoms with Gasteiger partial charge in [-0.3, -0.25) is 19.3 Å². The quantitative estimate of drug-likeness (QED) is 0.498. The minimum Gasteiger partial charge on any atom is -0.490 e. The largest absolute Gasteiger partial charge is 0.490 e. The molecule has 2 aromatic carbocycles. The van der Waals surface area contributed by atoms with Gasteiger partial charge in [-0.25, -0.2) is 0 Å². The molecule has 2 aliphatic rings. The first-order chi connectivity index (χ1) is 16.1. The lowest BCUT2D eigenvalue weighted by atomic mass is 9.73. The Labute approximate surface area is 199 Å². The molecule has 0 bridgehead atoms. The van der Waals surface area contributed by atoms with Gasteiger partial charge in [0.2, 0.25) is 5.91 Å².